The monoisotopic (exact) mass is 375 g/mol. The lowest BCUT2D eigenvalue weighted by molar-refractivity contribution is -0.136. The quantitative estimate of drug-likeness (QED) is 0.718. The van der Waals surface area contributed by atoms with Gasteiger partial charge in [-0.3, -0.25) is 0 Å². The molecule has 128 valence electrons. The van der Waals surface area contributed by atoms with Gasteiger partial charge in [-0.1, -0.05) is 12.1 Å². The summed E-state index contributed by atoms with van der Waals surface area (Å²) in [6.45, 7) is 0. The van der Waals surface area contributed by atoms with Gasteiger partial charge in [0.15, 0.2) is 5.11 Å². The lowest BCUT2D eigenvalue weighted by Crippen LogP contribution is -2.21. The number of para-hydroxylation sites is 1. The smallest absolute Gasteiger partial charge is 0.332 e. The predicted octanol–water partition coefficient (Wildman–Crippen LogP) is 3.16. The first-order valence-corrected chi connectivity index (χ1v) is 8.40. The first-order valence-electron chi connectivity index (χ1n) is 6.44. The van der Waals surface area contributed by atoms with Gasteiger partial charge in [-0.05, 0) is 48.6 Å². The maximum absolute atomic E-state index is 12.9. The van der Waals surface area contributed by atoms with Crippen molar-refractivity contribution in [3.63, 3.8) is 0 Å². The average molecular weight is 375 g/mol. The minimum Gasteiger partial charge on any atom is -0.332 e. The van der Waals surface area contributed by atoms with Crippen molar-refractivity contribution in [2.75, 3.05) is 10.6 Å². The number of sulfonamides is 1. The second kappa shape index (κ2) is 6.75. The van der Waals surface area contributed by atoms with Crippen LogP contribution in [-0.2, 0) is 16.2 Å². The number of thiocarbonyl (C=S) groups is 1. The molecule has 5 nitrogen and oxygen atoms in total. The van der Waals surface area contributed by atoms with Gasteiger partial charge in [-0.25, -0.2) is 13.6 Å². The molecule has 2 rings (SSSR count). The molecule has 0 saturated carbocycles. The number of hydrogen-bond acceptors (Lipinski definition) is 3. The van der Waals surface area contributed by atoms with Crippen LogP contribution < -0.4 is 15.8 Å². The lowest BCUT2D eigenvalue weighted by atomic mass is 10.1. The van der Waals surface area contributed by atoms with Gasteiger partial charge in [0, 0.05) is 5.69 Å². The molecule has 0 aliphatic rings. The van der Waals surface area contributed by atoms with Gasteiger partial charge in [0.25, 0.3) is 0 Å². The summed E-state index contributed by atoms with van der Waals surface area (Å²) in [5.41, 5.74) is -0.647. The third-order valence-corrected chi connectivity index (χ3v) is 4.05. The number of nitrogens with two attached hydrogens (primary N) is 1. The third-order valence-electron chi connectivity index (χ3n) is 2.92. The molecule has 4 N–H and O–H groups in total. The number of primary sulfonamides is 1. The van der Waals surface area contributed by atoms with E-state index >= 15 is 0 Å². The fraction of sp³-hybridized carbons (Fsp3) is 0.0714. The fourth-order valence-electron chi connectivity index (χ4n) is 1.85. The van der Waals surface area contributed by atoms with Crippen LogP contribution in [0.4, 0.5) is 24.5 Å². The van der Waals surface area contributed by atoms with Crippen LogP contribution in [0.2, 0.25) is 0 Å². The highest BCUT2D eigenvalue weighted by atomic mass is 32.2. The third kappa shape index (κ3) is 4.66. The molecule has 0 aromatic heterocycles. The van der Waals surface area contributed by atoms with Crippen molar-refractivity contribution in [3.05, 3.63) is 54.1 Å². The molecule has 0 fully saturated rings. The second-order valence-electron chi connectivity index (χ2n) is 4.69. The topological polar surface area (TPSA) is 84.2 Å². The molecule has 2 aromatic rings. The molecule has 0 unspecified atom stereocenters. The van der Waals surface area contributed by atoms with E-state index in [2.05, 4.69) is 10.6 Å². The molecule has 0 atom stereocenters. The molecule has 10 heteroatoms. The zero-order valence-corrected chi connectivity index (χ0v) is 13.6. The SMILES string of the molecule is NS(=O)(=O)c1ccc(NC(=S)Nc2ccccc2C(F)(F)F)cc1. The molecule has 0 bridgehead atoms. The van der Waals surface area contributed by atoms with Crippen molar-refractivity contribution >= 4 is 38.7 Å². The first kappa shape index (κ1) is 18.2. The van der Waals surface area contributed by atoms with Crippen LogP contribution in [0.1, 0.15) is 5.56 Å². The summed E-state index contributed by atoms with van der Waals surface area (Å²) in [6.07, 6.45) is -4.52. The van der Waals surface area contributed by atoms with Gasteiger partial charge in [0.1, 0.15) is 0 Å². The van der Waals surface area contributed by atoms with Crippen LogP contribution >= 0.6 is 12.2 Å². The summed E-state index contributed by atoms with van der Waals surface area (Å²) < 4.78 is 61.0. The molecular formula is C14H12F3N3O2S2. The van der Waals surface area contributed by atoms with Gasteiger partial charge < -0.3 is 10.6 Å². The van der Waals surface area contributed by atoms with Crippen LogP contribution in [0, 0.1) is 0 Å². The van der Waals surface area contributed by atoms with Crippen molar-refractivity contribution in [2.45, 2.75) is 11.1 Å². The number of benzene rings is 2. The normalized spacial score (nSPS) is 11.8. The largest absolute Gasteiger partial charge is 0.418 e. The number of nitrogens with one attached hydrogen (secondary N) is 2. The standard InChI is InChI=1S/C14H12F3N3O2S2/c15-14(16,17)11-3-1-2-4-12(11)20-13(23)19-9-5-7-10(8-6-9)24(18,21)22/h1-8H,(H2,18,21,22)(H2,19,20,23). The summed E-state index contributed by atoms with van der Waals surface area (Å²) in [6, 6.07) is 10.2. The Morgan fingerprint density at radius 2 is 1.58 bits per heavy atom. The van der Waals surface area contributed by atoms with Crippen LogP contribution in [0.3, 0.4) is 0 Å². The Balaban J connectivity index is 2.12. The van der Waals surface area contributed by atoms with E-state index in [9.17, 15) is 21.6 Å². The van der Waals surface area contributed by atoms with Gasteiger partial charge in [0.2, 0.25) is 10.0 Å². The van der Waals surface area contributed by atoms with Crippen molar-refractivity contribution in [1.82, 2.24) is 0 Å². The van der Waals surface area contributed by atoms with Crippen molar-refractivity contribution < 1.29 is 21.6 Å². The summed E-state index contributed by atoms with van der Waals surface area (Å²) in [7, 11) is -3.82. The Hall–Kier alpha value is -2.17. The van der Waals surface area contributed by atoms with E-state index in [1.807, 2.05) is 0 Å². The molecule has 0 amide bonds. The van der Waals surface area contributed by atoms with Crippen LogP contribution in [0.25, 0.3) is 0 Å². The summed E-state index contributed by atoms with van der Waals surface area (Å²) in [5.74, 6) is 0. The molecule has 0 aliphatic heterocycles. The fourth-order valence-corrected chi connectivity index (χ4v) is 2.60. The number of rotatable bonds is 3. The van der Waals surface area contributed by atoms with Gasteiger partial charge >= 0.3 is 6.18 Å². The van der Waals surface area contributed by atoms with Crippen molar-refractivity contribution in [3.8, 4) is 0 Å². The Kier molecular flexibility index (Phi) is 5.11. The van der Waals surface area contributed by atoms with Crippen molar-refractivity contribution in [2.24, 2.45) is 5.14 Å². The number of alkyl halides is 3. The minimum atomic E-state index is -4.52. The van der Waals surface area contributed by atoms with Crippen LogP contribution in [-0.4, -0.2) is 13.5 Å². The lowest BCUT2D eigenvalue weighted by Gasteiger charge is -2.15. The summed E-state index contributed by atoms with van der Waals surface area (Å²) in [4.78, 5) is -0.0886. The highest BCUT2D eigenvalue weighted by Gasteiger charge is 2.33. The first-order chi connectivity index (χ1) is 11.1. The van der Waals surface area contributed by atoms with E-state index in [4.69, 9.17) is 17.4 Å². The van der Waals surface area contributed by atoms with E-state index in [0.717, 1.165) is 6.07 Å². The van der Waals surface area contributed by atoms with Gasteiger partial charge in [-0.2, -0.15) is 13.2 Å². The van der Waals surface area contributed by atoms with Gasteiger partial charge in [-0.15, -0.1) is 0 Å². The Morgan fingerprint density at radius 1 is 1.00 bits per heavy atom. The van der Waals surface area contributed by atoms with E-state index in [1.54, 1.807) is 0 Å². The highest BCUT2D eigenvalue weighted by Crippen LogP contribution is 2.34. The molecule has 0 spiro atoms. The molecule has 2 aromatic carbocycles. The summed E-state index contributed by atoms with van der Waals surface area (Å²) in [5, 5.41) is 10.0. The van der Waals surface area contributed by atoms with Gasteiger partial charge in [0.05, 0.1) is 16.1 Å². The van der Waals surface area contributed by atoms with Crippen LogP contribution in [0.15, 0.2) is 53.4 Å². The Morgan fingerprint density at radius 3 is 2.12 bits per heavy atom. The summed E-state index contributed by atoms with van der Waals surface area (Å²) >= 11 is 4.97. The van der Waals surface area contributed by atoms with Crippen molar-refractivity contribution in [1.29, 1.82) is 0 Å². The zero-order chi connectivity index (χ0) is 18.0. The Labute approximate surface area is 141 Å². The molecule has 0 heterocycles. The molecule has 0 radical (unpaired) electrons. The molecule has 0 saturated heterocycles. The van der Waals surface area contributed by atoms with E-state index < -0.39 is 21.8 Å². The van der Waals surface area contributed by atoms with E-state index in [0.29, 0.717) is 5.69 Å². The Bertz CT molecular complexity index is 850. The zero-order valence-electron chi connectivity index (χ0n) is 12.0. The molecule has 24 heavy (non-hydrogen) atoms. The second-order valence-corrected chi connectivity index (χ2v) is 6.66. The average Bonchev–Trinajstić information content (AvgIpc) is 2.46. The van der Waals surface area contributed by atoms with E-state index in [-0.39, 0.29) is 15.7 Å². The molecular weight excluding hydrogens is 363 g/mol. The predicted molar refractivity (Wildman–Crippen MR) is 89.1 cm³/mol. The highest BCUT2D eigenvalue weighted by molar-refractivity contribution is 7.89. The number of anilines is 2. The number of halogens is 3. The maximum atomic E-state index is 12.9. The number of hydrogen-bond donors (Lipinski definition) is 3. The maximum Gasteiger partial charge on any atom is 0.418 e. The van der Waals surface area contributed by atoms with Crippen LogP contribution in [0.5, 0.6) is 0 Å². The molecule has 0 aliphatic carbocycles. The minimum absolute atomic E-state index is 0.0740. The van der Waals surface area contributed by atoms with E-state index in [1.165, 1.54) is 42.5 Å².